The van der Waals surface area contributed by atoms with E-state index in [1.54, 1.807) is 61.3 Å². The average Bonchev–Trinajstić information content (AvgIpc) is 3.30. The molecule has 192 valence electrons. The predicted octanol–water partition coefficient (Wildman–Crippen LogP) is 5.57. The number of aromatic nitrogens is 3. The van der Waals surface area contributed by atoms with E-state index in [-0.39, 0.29) is 23.6 Å². The summed E-state index contributed by atoms with van der Waals surface area (Å²) in [4.78, 5) is 25.5. The molecule has 0 saturated carbocycles. The van der Waals surface area contributed by atoms with Crippen LogP contribution in [0.5, 0.6) is 5.75 Å². The number of anilines is 1. The summed E-state index contributed by atoms with van der Waals surface area (Å²) in [5.41, 5.74) is 0.976. The van der Waals surface area contributed by atoms with Crippen LogP contribution in [-0.2, 0) is 11.3 Å². The standard InChI is InChI=1S/C24H27Cl2N5O3S2/c1-4-31-22(19(11-12-35-3)28-23(33)15-5-8-17(34-2)9-6-15)29-30-24(31)36-14-21(32)27-20-13-16(25)7-10-18(20)26/h5-10,13,19H,4,11-12,14H2,1-3H3,(H,27,32)(H,28,33). The first-order chi connectivity index (χ1) is 17.4. The van der Waals surface area contributed by atoms with Crippen molar-refractivity contribution < 1.29 is 14.3 Å². The van der Waals surface area contributed by atoms with Gasteiger partial charge in [-0.3, -0.25) is 9.59 Å². The highest BCUT2D eigenvalue weighted by molar-refractivity contribution is 7.99. The Bertz CT molecular complexity index is 1190. The number of rotatable bonds is 12. The molecule has 0 bridgehead atoms. The van der Waals surface area contributed by atoms with Crippen LogP contribution < -0.4 is 15.4 Å². The minimum Gasteiger partial charge on any atom is -0.497 e. The zero-order valence-corrected chi connectivity index (χ0v) is 23.2. The van der Waals surface area contributed by atoms with Crippen molar-refractivity contribution in [1.82, 2.24) is 20.1 Å². The molecule has 8 nitrogen and oxygen atoms in total. The van der Waals surface area contributed by atoms with E-state index in [1.807, 2.05) is 17.7 Å². The predicted molar refractivity (Wildman–Crippen MR) is 148 cm³/mol. The van der Waals surface area contributed by atoms with Crippen molar-refractivity contribution in [1.29, 1.82) is 0 Å². The van der Waals surface area contributed by atoms with Crippen LogP contribution in [0.4, 0.5) is 5.69 Å². The molecule has 3 aromatic rings. The van der Waals surface area contributed by atoms with Crippen LogP contribution in [0.1, 0.15) is 35.6 Å². The van der Waals surface area contributed by atoms with Crippen molar-refractivity contribution in [3.63, 3.8) is 0 Å². The highest BCUT2D eigenvalue weighted by Crippen LogP contribution is 2.27. The molecular formula is C24H27Cl2N5O3S2. The van der Waals surface area contributed by atoms with Crippen LogP contribution in [-0.4, -0.2) is 51.5 Å². The Balaban J connectivity index is 1.71. The summed E-state index contributed by atoms with van der Waals surface area (Å²) >= 11 is 15.1. The molecule has 0 aliphatic carbocycles. The van der Waals surface area contributed by atoms with E-state index in [4.69, 9.17) is 27.9 Å². The Hall–Kier alpha value is -2.40. The second kappa shape index (κ2) is 13.8. The van der Waals surface area contributed by atoms with Crippen molar-refractivity contribution in [2.24, 2.45) is 0 Å². The summed E-state index contributed by atoms with van der Waals surface area (Å²) in [6.07, 6.45) is 2.69. The fourth-order valence-electron chi connectivity index (χ4n) is 3.36. The maximum atomic E-state index is 12.9. The lowest BCUT2D eigenvalue weighted by atomic mass is 10.1. The number of nitrogens with one attached hydrogen (secondary N) is 2. The summed E-state index contributed by atoms with van der Waals surface area (Å²) < 4.78 is 7.09. The van der Waals surface area contributed by atoms with E-state index < -0.39 is 0 Å². The molecule has 12 heteroatoms. The van der Waals surface area contributed by atoms with Gasteiger partial charge in [-0.25, -0.2) is 0 Å². The minimum absolute atomic E-state index is 0.106. The second-order valence-corrected chi connectivity index (χ2v) is 10.4. The third-order valence-corrected chi connectivity index (χ3v) is 7.35. The van der Waals surface area contributed by atoms with Gasteiger partial charge in [0.15, 0.2) is 11.0 Å². The smallest absolute Gasteiger partial charge is 0.251 e. The van der Waals surface area contributed by atoms with E-state index in [0.29, 0.717) is 51.0 Å². The number of hydrogen-bond donors (Lipinski definition) is 2. The van der Waals surface area contributed by atoms with Crippen molar-refractivity contribution in [3.05, 3.63) is 63.9 Å². The van der Waals surface area contributed by atoms with E-state index in [1.165, 1.54) is 11.8 Å². The van der Waals surface area contributed by atoms with Gasteiger partial charge in [0, 0.05) is 17.1 Å². The molecule has 1 aromatic heterocycles. The summed E-state index contributed by atoms with van der Waals surface area (Å²) in [7, 11) is 1.58. The molecule has 36 heavy (non-hydrogen) atoms. The number of methoxy groups -OCH3 is 1. The van der Waals surface area contributed by atoms with Crippen molar-refractivity contribution >= 4 is 64.2 Å². The van der Waals surface area contributed by atoms with Gasteiger partial charge in [0.05, 0.1) is 29.6 Å². The zero-order chi connectivity index (χ0) is 26.1. The average molecular weight is 569 g/mol. The second-order valence-electron chi connectivity index (χ2n) is 7.58. The Morgan fingerprint density at radius 1 is 1.14 bits per heavy atom. The topological polar surface area (TPSA) is 98.1 Å². The molecule has 0 fully saturated rings. The molecule has 2 N–H and O–H groups in total. The van der Waals surface area contributed by atoms with Crippen molar-refractivity contribution in [3.8, 4) is 5.75 Å². The Morgan fingerprint density at radius 3 is 2.56 bits per heavy atom. The molecule has 0 spiro atoms. The molecule has 3 rings (SSSR count). The molecular weight excluding hydrogens is 541 g/mol. The van der Waals surface area contributed by atoms with Gasteiger partial charge < -0.3 is 19.9 Å². The number of nitrogens with zero attached hydrogens (tertiary/aromatic N) is 3. The molecule has 0 radical (unpaired) electrons. The number of ether oxygens (including phenoxy) is 1. The van der Waals surface area contributed by atoms with Gasteiger partial charge in [-0.05, 0) is 67.8 Å². The van der Waals surface area contributed by atoms with E-state index in [9.17, 15) is 9.59 Å². The third-order valence-electron chi connectivity index (χ3n) is 5.18. The molecule has 1 unspecified atom stereocenters. The number of benzene rings is 2. The fraction of sp³-hybridized carbons (Fsp3) is 0.333. The van der Waals surface area contributed by atoms with E-state index in [0.717, 1.165) is 5.75 Å². The fourth-order valence-corrected chi connectivity index (χ4v) is 4.97. The van der Waals surface area contributed by atoms with Gasteiger partial charge in [0.2, 0.25) is 5.91 Å². The van der Waals surface area contributed by atoms with Gasteiger partial charge in [0.25, 0.3) is 5.91 Å². The molecule has 1 heterocycles. The van der Waals surface area contributed by atoms with E-state index >= 15 is 0 Å². The maximum absolute atomic E-state index is 12.9. The first-order valence-corrected chi connectivity index (χ1v) is 14.2. The number of hydrogen-bond acceptors (Lipinski definition) is 7. The molecule has 2 amide bonds. The maximum Gasteiger partial charge on any atom is 0.251 e. The third kappa shape index (κ3) is 7.55. The lowest BCUT2D eigenvalue weighted by Crippen LogP contribution is -2.31. The first-order valence-electron chi connectivity index (χ1n) is 11.1. The SMILES string of the molecule is CCn1c(SCC(=O)Nc2cc(Cl)ccc2Cl)nnc1C(CCSC)NC(=O)c1ccc(OC)cc1. The largest absolute Gasteiger partial charge is 0.497 e. The Kier molecular flexibility index (Phi) is 10.8. The number of amides is 2. The summed E-state index contributed by atoms with van der Waals surface area (Å²) in [5, 5.41) is 16.0. The van der Waals surface area contributed by atoms with Gasteiger partial charge in [-0.1, -0.05) is 35.0 Å². The number of thioether (sulfide) groups is 2. The Morgan fingerprint density at radius 2 is 1.89 bits per heavy atom. The van der Waals surface area contributed by atoms with Gasteiger partial charge in [-0.2, -0.15) is 11.8 Å². The van der Waals surface area contributed by atoms with Crippen LogP contribution in [0.15, 0.2) is 47.6 Å². The van der Waals surface area contributed by atoms with Crippen LogP contribution in [0, 0.1) is 0 Å². The van der Waals surface area contributed by atoms with Gasteiger partial charge in [-0.15, -0.1) is 10.2 Å². The lowest BCUT2D eigenvalue weighted by molar-refractivity contribution is -0.113. The number of carbonyl (C=O) groups excluding carboxylic acids is 2. The summed E-state index contributed by atoms with van der Waals surface area (Å²) in [5.74, 6) is 1.81. The van der Waals surface area contributed by atoms with Crippen molar-refractivity contribution in [2.75, 3.05) is 30.2 Å². The quantitative estimate of drug-likeness (QED) is 0.276. The number of carbonyl (C=O) groups is 2. The van der Waals surface area contributed by atoms with Gasteiger partial charge >= 0.3 is 0 Å². The van der Waals surface area contributed by atoms with Crippen LogP contribution in [0.3, 0.4) is 0 Å². The minimum atomic E-state index is -0.340. The summed E-state index contributed by atoms with van der Waals surface area (Å²) in [6, 6.07) is 11.5. The zero-order valence-electron chi connectivity index (χ0n) is 20.1. The van der Waals surface area contributed by atoms with Crippen LogP contribution in [0.2, 0.25) is 10.0 Å². The number of halogens is 2. The normalized spacial score (nSPS) is 11.7. The molecule has 0 saturated heterocycles. The molecule has 0 aliphatic heterocycles. The lowest BCUT2D eigenvalue weighted by Gasteiger charge is -2.19. The monoisotopic (exact) mass is 567 g/mol. The highest BCUT2D eigenvalue weighted by atomic mass is 35.5. The van der Waals surface area contributed by atoms with Crippen LogP contribution in [0.25, 0.3) is 0 Å². The summed E-state index contributed by atoms with van der Waals surface area (Å²) in [6.45, 7) is 2.56. The van der Waals surface area contributed by atoms with Crippen LogP contribution >= 0.6 is 46.7 Å². The van der Waals surface area contributed by atoms with E-state index in [2.05, 4.69) is 20.8 Å². The highest BCUT2D eigenvalue weighted by Gasteiger charge is 2.23. The van der Waals surface area contributed by atoms with Crippen molar-refractivity contribution in [2.45, 2.75) is 31.1 Å². The van der Waals surface area contributed by atoms with Gasteiger partial charge in [0.1, 0.15) is 5.75 Å². The molecule has 2 aromatic carbocycles. The molecule has 0 aliphatic rings. The molecule has 1 atom stereocenters. The Labute approximate surface area is 228 Å². The first kappa shape index (κ1) is 28.2.